The summed E-state index contributed by atoms with van der Waals surface area (Å²) in [6, 6.07) is 16.7. The van der Waals surface area contributed by atoms with Crippen LogP contribution in [0.2, 0.25) is 0 Å². The van der Waals surface area contributed by atoms with Gasteiger partial charge < -0.3 is 10.5 Å². The number of rotatable bonds is 5. The maximum absolute atomic E-state index is 15.2. The molecule has 0 aliphatic carbocycles. The first-order valence-corrected chi connectivity index (χ1v) is 8.60. The molecule has 26 heavy (non-hydrogen) atoms. The van der Waals surface area contributed by atoms with Crippen LogP contribution in [-0.4, -0.2) is 6.61 Å². The van der Waals surface area contributed by atoms with Crippen molar-refractivity contribution in [3.05, 3.63) is 82.1 Å². The van der Waals surface area contributed by atoms with Gasteiger partial charge in [-0.3, -0.25) is 0 Å². The molecule has 0 saturated carbocycles. The quantitative estimate of drug-likeness (QED) is 0.510. The number of nitrogens with two attached hydrogens (primary N) is 1. The van der Waals surface area contributed by atoms with Crippen molar-refractivity contribution in [2.24, 2.45) is 0 Å². The van der Waals surface area contributed by atoms with E-state index in [1.165, 1.54) is 12.1 Å². The molecule has 134 valence electrons. The fourth-order valence-corrected chi connectivity index (χ4v) is 3.10. The molecule has 3 rings (SSSR count). The highest BCUT2D eigenvalue weighted by Crippen LogP contribution is 2.37. The largest absolute Gasteiger partial charge is 0.434 e. The monoisotopic (exact) mass is 421 g/mol. The predicted octanol–water partition coefficient (Wildman–Crippen LogP) is 6.03. The maximum atomic E-state index is 15.2. The standard InChI is InChI=1S/C20H15BrF3NO/c21-15-3-1-2-13(11-15)18-17(26-20(23)24)9-6-14(19(18)22)10-12-4-7-16(25)8-5-12/h1-9,11,20H,10,25H2. The van der Waals surface area contributed by atoms with Gasteiger partial charge >= 0.3 is 6.61 Å². The Morgan fingerprint density at radius 1 is 1.00 bits per heavy atom. The van der Waals surface area contributed by atoms with E-state index in [4.69, 9.17) is 5.73 Å². The predicted molar refractivity (Wildman–Crippen MR) is 99.8 cm³/mol. The third-order valence-electron chi connectivity index (χ3n) is 3.89. The first kappa shape index (κ1) is 18.3. The minimum Gasteiger partial charge on any atom is -0.434 e. The maximum Gasteiger partial charge on any atom is 0.387 e. The molecule has 2 N–H and O–H groups in total. The lowest BCUT2D eigenvalue weighted by Crippen LogP contribution is -2.06. The first-order valence-electron chi connectivity index (χ1n) is 7.80. The van der Waals surface area contributed by atoms with E-state index < -0.39 is 12.4 Å². The molecule has 0 aromatic heterocycles. The van der Waals surface area contributed by atoms with Crippen LogP contribution in [0, 0.1) is 5.82 Å². The molecule has 0 aliphatic heterocycles. The van der Waals surface area contributed by atoms with E-state index in [0.29, 0.717) is 27.7 Å². The lowest BCUT2D eigenvalue weighted by atomic mass is 9.97. The number of alkyl halides is 2. The van der Waals surface area contributed by atoms with Crippen molar-refractivity contribution in [3.8, 4) is 16.9 Å². The van der Waals surface area contributed by atoms with Crippen LogP contribution >= 0.6 is 15.9 Å². The first-order chi connectivity index (χ1) is 12.4. The van der Waals surface area contributed by atoms with Gasteiger partial charge in [0, 0.05) is 16.6 Å². The van der Waals surface area contributed by atoms with E-state index in [2.05, 4.69) is 20.7 Å². The molecule has 3 aromatic carbocycles. The molecule has 0 unspecified atom stereocenters. The Kier molecular flexibility index (Phi) is 5.52. The Hall–Kier alpha value is -2.47. The second-order valence-corrected chi connectivity index (χ2v) is 6.63. The van der Waals surface area contributed by atoms with Crippen LogP contribution in [-0.2, 0) is 6.42 Å². The van der Waals surface area contributed by atoms with Gasteiger partial charge in [-0.15, -0.1) is 0 Å². The van der Waals surface area contributed by atoms with Gasteiger partial charge in [0.1, 0.15) is 11.6 Å². The Morgan fingerprint density at radius 3 is 2.38 bits per heavy atom. The Labute approximate surface area is 157 Å². The van der Waals surface area contributed by atoms with Gasteiger partial charge in [0.05, 0.1) is 5.56 Å². The lowest BCUT2D eigenvalue weighted by Gasteiger charge is -2.15. The van der Waals surface area contributed by atoms with Crippen LogP contribution in [0.1, 0.15) is 11.1 Å². The van der Waals surface area contributed by atoms with Gasteiger partial charge in [-0.2, -0.15) is 8.78 Å². The number of hydrogen-bond donors (Lipinski definition) is 1. The second-order valence-electron chi connectivity index (χ2n) is 5.72. The topological polar surface area (TPSA) is 35.2 Å². The molecular formula is C20H15BrF3NO. The van der Waals surface area contributed by atoms with Crippen LogP contribution in [0.5, 0.6) is 5.75 Å². The van der Waals surface area contributed by atoms with Crippen LogP contribution in [0.4, 0.5) is 18.9 Å². The molecule has 0 spiro atoms. The van der Waals surface area contributed by atoms with Gasteiger partial charge in [0.15, 0.2) is 0 Å². The average Bonchev–Trinajstić information content (AvgIpc) is 2.59. The normalized spacial score (nSPS) is 11.0. The molecule has 3 aromatic rings. The summed E-state index contributed by atoms with van der Waals surface area (Å²) in [5.41, 5.74) is 7.99. The van der Waals surface area contributed by atoms with E-state index in [0.717, 1.165) is 5.56 Å². The van der Waals surface area contributed by atoms with E-state index in [9.17, 15) is 8.78 Å². The molecule has 0 atom stereocenters. The summed E-state index contributed by atoms with van der Waals surface area (Å²) in [5.74, 6) is -0.783. The van der Waals surface area contributed by atoms with Gasteiger partial charge in [0.25, 0.3) is 0 Å². The number of ether oxygens (including phenoxy) is 1. The summed E-state index contributed by atoms with van der Waals surface area (Å²) < 4.78 is 45.9. The fourth-order valence-electron chi connectivity index (χ4n) is 2.70. The van der Waals surface area contributed by atoms with Crippen molar-refractivity contribution < 1.29 is 17.9 Å². The molecule has 0 radical (unpaired) electrons. The van der Waals surface area contributed by atoms with Crippen molar-refractivity contribution in [3.63, 3.8) is 0 Å². The van der Waals surface area contributed by atoms with Crippen molar-refractivity contribution >= 4 is 21.6 Å². The van der Waals surface area contributed by atoms with Gasteiger partial charge in [-0.05, 0) is 47.0 Å². The Bertz CT molecular complexity index is 913. The van der Waals surface area contributed by atoms with Crippen LogP contribution in [0.25, 0.3) is 11.1 Å². The Balaban J connectivity index is 2.07. The molecule has 0 amide bonds. The molecule has 0 saturated heterocycles. The number of halogens is 4. The van der Waals surface area contributed by atoms with Crippen LogP contribution < -0.4 is 10.5 Å². The zero-order valence-electron chi connectivity index (χ0n) is 13.6. The zero-order chi connectivity index (χ0) is 18.7. The number of anilines is 1. The summed E-state index contributed by atoms with van der Waals surface area (Å²) in [6.07, 6.45) is 0.308. The van der Waals surface area contributed by atoms with Gasteiger partial charge in [-0.1, -0.05) is 46.3 Å². The van der Waals surface area contributed by atoms with Crippen LogP contribution in [0.15, 0.2) is 65.1 Å². The number of benzene rings is 3. The molecule has 0 fully saturated rings. The molecule has 0 aliphatic rings. The fraction of sp³-hybridized carbons (Fsp3) is 0.100. The van der Waals surface area contributed by atoms with Crippen molar-refractivity contribution in [2.45, 2.75) is 13.0 Å². The number of hydrogen-bond acceptors (Lipinski definition) is 2. The summed E-state index contributed by atoms with van der Waals surface area (Å²) in [6.45, 7) is -3.04. The Morgan fingerprint density at radius 2 is 1.73 bits per heavy atom. The summed E-state index contributed by atoms with van der Waals surface area (Å²) in [7, 11) is 0. The highest BCUT2D eigenvalue weighted by molar-refractivity contribution is 9.10. The zero-order valence-corrected chi connectivity index (χ0v) is 15.1. The molecule has 0 bridgehead atoms. The van der Waals surface area contributed by atoms with Crippen molar-refractivity contribution in [1.82, 2.24) is 0 Å². The SMILES string of the molecule is Nc1ccc(Cc2ccc(OC(F)F)c(-c3cccc(Br)c3)c2F)cc1. The molecule has 6 heteroatoms. The lowest BCUT2D eigenvalue weighted by molar-refractivity contribution is -0.0495. The van der Waals surface area contributed by atoms with Crippen molar-refractivity contribution in [2.75, 3.05) is 5.73 Å². The molecular weight excluding hydrogens is 407 g/mol. The second kappa shape index (κ2) is 7.83. The van der Waals surface area contributed by atoms with Gasteiger partial charge in [-0.25, -0.2) is 4.39 Å². The van der Waals surface area contributed by atoms with E-state index in [1.807, 2.05) is 0 Å². The minimum absolute atomic E-state index is 0.0135. The third-order valence-corrected chi connectivity index (χ3v) is 4.38. The molecule has 0 heterocycles. The minimum atomic E-state index is -3.04. The summed E-state index contributed by atoms with van der Waals surface area (Å²) in [4.78, 5) is 0. The van der Waals surface area contributed by atoms with E-state index in [-0.39, 0.29) is 11.3 Å². The van der Waals surface area contributed by atoms with E-state index >= 15 is 4.39 Å². The van der Waals surface area contributed by atoms with E-state index in [1.54, 1.807) is 48.5 Å². The smallest absolute Gasteiger partial charge is 0.387 e. The average molecular weight is 422 g/mol. The summed E-state index contributed by atoms with van der Waals surface area (Å²) in [5, 5.41) is 0. The third kappa shape index (κ3) is 4.19. The van der Waals surface area contributed by atoms with Crippen LogP contribution in [0.3, 0.4) is 0 Å². The van der Waals surface area contributed by atoms with Gasteiger partial charge in [0.2, 0.25) is 0 Å². The highest BCUT2D eigenvalue weighted by atomic mass is 79.9. The molecule has 2 nitrogen and oxygen atoms in total. The highest BCUT2D eigenvalue weighted by Gasteiger charge is 2.19. The number of nitrogen functional groups attached to an aromatic ring is 1. The van der Waals surface area contributed by atoms with Crippen molar-refractivity contribution in [1.29, 1.82) is 0 Å². The summed E-state index contributed by atoms with van der Waals surface area (Å²) >= 11 is 3.32.